The normalized spacial score (nSPS) is 32.1. The van der Waals surface area contributed by atoms with Gasteiger partial charge in [-0.25, -0.2) is 17.6 Å². The van der Waals surface area contributed by atoms with E-state index < -0.39 is 11.8 Å². The lowest BCUT2D eigenvalue weighted by Gasteiger charge is -2.42. The monoisotopic (exact) mass is 349 g/mol. The predicted octanol–water partition coefficient (Wildman–Crippen LogP) is 5.79. The van der Waals surface area contributed by atoms with Gasteiger partial charge in [0.25, 0.3) is 0 Å². The number of nitrogens with one attached hydrogen (secondary N) is 1. The van der Waals surface area contributed by atoms with Gasteiger partial charge in [0.1, 0.15) is 0 Å². The van der Waals surface area contributed by atoms with Gasteiger partial charge in [-0.05, 0) is 69.2 Å². The highest BCUT2D eigenvalue weighted by atomic mass is 19.3. The van der Waals surface area contributed by atoms with Crippen molar-refractivity contribution in [1.29, 1.82) is 0 Å². The van der Waals surface area contributed by atoms with Crippen LogP contribution < -0.4 is 5.32 Å². The van der Waals surface area contributed by atoms with Crippen LogP contribution in [-0.4, -0.2) is 24.4 Å². The summed E-state index contributed by atoms with van der Waals surface area (Å²) in [5.74, 6) is -4.09. The van der Waals surface area contributed by atoms with E-state index >= 15 is 0 Å². The summed E-state index contributed by atoms with van der Waals surface area (Å²) in [5, 5.41) is 3.56. The van der Waals surface area contributed by atoms with E-state index in [1.807, 2.05) is 0 Å². The minimum absolute atomic E-state index is 0.0187. The van der Waals surface area contributed by atoms with Gasteiger partial charge in [-0.3, -0.25) is 0 Å². The van der Waals surface area contributed by atoms with Crippen LogP contribution in [0.3, 0.4) is 0 Å². The Bertz CT molecular complexity index is 358. The van der Waals surface area contributed by atoms with Gasteiger partial charge in [0.15, 0.2) is 0 Å². The molecule has 1 nitrogen and oxygen atoms in total. The molecule has 3 aliphatic rings. The lowest BCUT2D eigenvalue weighted by Crippen LogP contribution is -2.41. The fourth-order valence-electron chi connectivity index (χ4n) is 5.20. The van der Waals surface area contributed by atoms with Gasteiger partial charge < -0.3 is 5.32 Å². The van der Waals surface area contributed by atoms with E-state index in [1.165, 1.54) is 12.8 Å². The molecule has 0 amide bonds. The zero-order chi connectivity index (χ0) is 17.2. The molecule has 1 unspecified atom stereocenters. The van der Waals surface area contributed by atoms with Crippen molar-refractivity contribution >= 4 is 0 Å². The maximum atomic E-state index is 13.5. The van der Waals surface area contributed by atoms with E-state index in [2.05, 4.69) is 5.32 Å². The first-order chi connectivity index (χ1) is 11.3. The molecular formula is C19H31F4N. The van der Waals surface area contributed by atoms with Gasteiger partial charge in [-0.1, -0.05) is 6.42 Å². The molecule has 1 saturated heterocycles. The van der Waals surface area contributed by atoms with E-state index in [0.29, 0.717) is 49.5 Å². The molecule has 0 bridgehead atoms. The average Bonchev–Trinajstić information content (AvgIpc) is 2.54. The Labute approximate surface area is 143 Å². The number of piperidine rings is 1. The predicted molar refractivity (Wildman–Crippen MR) is 87.6 cm³/mol. The van der Waals surface area contributed by atoms with Crippen LogP contribution >= 0.6 is 0 Å². The summed E-state index contributed by atoms with van der Waals surface area (Å²) in [6, 6.07) is 0.452. The molecule has 0 radical (unpaired) electrons. The van der Waals surface area contributed by atoms with Crippen LogP contribution in [0.2, 0.25) is 0 Å². The highest BCUT2D eigenvalue weighted by Gasteiger charge is 2.43. The molecule has 0 spiro atoms. The lowest BCUT2D eigenvalue weighted by molar-refractivity contribution is -0.0748. The molecule has 2 aliphatic carbocycles. The highest BCUT2D eigenvalue weighted by Crippen LogP contribution is 2.48. The lowest BCUT2D eigenvalue weighted by atomic mass is 9.66. The molecule has 0 aromatic rings. The second kappa shape index (κ2) is 7.51. The Balaban J connectivity index is 1.64. The van der Waals surface area contributed by atoms with E-state index in [1.54, 1.807) is 0 Å². The van der Waals surface area contributed by atoms with E-state index in [0.717, 1.165) is 19.4 Å². The van der Waals surface area contributed by atoms with Crippen LogP contribution in [0.5, 0.6) is 0 Å². The maximum Gasteiger partial charge on any atom is 0.248 e. The highest BCUT2D eigenvalue weighted by molar-refractivity contribution is 4.90. The Morgan fingerprint density at radius 3 is 1.67 bits per heavy atom. The average molecular weight is 349 g/mol. The van der Waals surface area contributed by atoms with Crippen LogP contribution in [0.1, 0.15) is 77.0 Å². The third-order valence-corrected chi connectivity index (χ3v) is 6.70. The standard InChI is InChI=1S/C19H31F4N/c20-18(21)8-4-14(5-9-18)17(13-16-3-1-2-12-24-16)15-6-10-19(22,23)11-7-15/h14-17,24H,1-13H2. The molecule has 3 fully saturated rings. The minimum Gasteiger partial charge on any atom is -0.314 e. The fourth-order valence-corrected chi connectivity index (χ4v) is 5.20. The van der Waals surface area contributed by atoms with Gasteiger partial charge in [-0.15, -0.1) is 0 Å². The topological polar surface area (TPSA) is 12.0 Å². The molecule has 1 heterocycles. The van der Waals surface area contributed by atoms with Crippen molar-refractivity contribution in [2.45, 2.75) is 94.9 Å². The Hall–Kier alpha value is -0.320. The van der Waals surface area contributed by atoms with Crippen molar-refractivity contribution in [2.75, 3.05) is 6.54 Å². The van der Waals surface area contributed by atoms with Crippen LogP contribution in [-0.2, 0) is 0 Å². The smallest absolute Gasteiger partial charge is 0.248 e. The zero-order valence-electron chi connectivity index (χ0n) is 14.5. The van der Waals surface area contributed by atoms with E-state index in [9.17, 15) is 17.6 Å². The van der Waals surface area contributed by atoms with Crippen molar-refractivity contribution in [3.8, 4) is 0 Å². The third kappa shape index (κ3) is 4.86. The molecule has 1 atom stereocenters. The summed E-state index contributed by atoms with van der Waals surface area (Å²) in [4.78, 5) is 0. The summed E-state index contributed by atoms with van der Waals surface area (Å²) < 4.78 is 54.1. The Kier molecular flexibility index (Phi) is 5.78. The summed E-state index contributed by atoms with van der Waals surface area (Å²) >= 11 is 0. The van der Waals surface area contributed by atoms with Crippen molar-refractivity contribution in [3.05, 3.63) is 0 Å². The number of hydrogen-bond acceptors (Lipinski definition) is 1. The van der Waals surface area contributed by atoms with Crippen LogP contribution in [0.4, 0.5) is 17.6 Å². The summed E-state index contributed by atoms with van der Waals surface area (Å²) in [5.41, 5.74) is 0. The van der Waals surface area contributed by atoms with E-state index in [4.69, 9.17) is 0 Å². The van der Waals surface area contributed by atoms with Crippen molar-refractivity contribution < 1.29 is 17.6 Å². The molecule has 5 heteroatoms. The van der Waals surface area contributed by atoms with Crippen molar-refractivity contribution in [2.24, 2.45) is 17.8 Å². The molecule has 1 aliphatic heterocycles. The minimum atomic E-state index is -2.51. The first-order valence-electron chi connectivity index (χ1n) is 9.84. The van der Waals surface area contributed by atoms with Gasteiger partial charge in [0, 0.05) is 31.7 Å². The number of alkyl halides is 4. The Morgan fingerprint density at radius 1 is 0.750 bits per heavy atom. The fraction of sp³-hybridized carbons (Fsp3) is 1.00. The molecule has 0 aromatic carbocycles. The number of hydrogen-bond donors (Lipinski definition) is 1. The summed E-state index contributed by atoms with van der Waals surface area (Å²) in [6.45, 7) is 1.03. The molecular weight excluding hydrogens is 318 g/mol. The molecule has 140 valence electrons. The largest absolute Gasteiger partial charge is 0.314 e. The van der Waals surface area contributed by atoms with Gasteiger partial charge in [0.2, 0.25) is 11.8 Å². The molecule has 3 rings (SSSR count). The van der Waals surface area contributed by atoms with Gasteiger partial charge >= 0.3 is 0 Å². The van der Waals surface area contributed by atoms with Crippen LogP contribution in [0, 0.1) is 17.8 Å². The van der Waals surface area contributed by atoms with Crippen LogP contribution in [0.15, 0.2) is 0 Å². The molecule has 2 saturated carbocycles. The number of halogens is 4. The van der Waals surface area contributed by atoms with Gasteiger partial charge in [0.05, 0.1) is 0 Å². The number of rotatable bonds is 4. The zero-order valence-corrected chi connectivity index (χ0v) is 14.5. The molecule has 1 N–H and O–H groups in total. The summed E-state index contributed by atoms with van der Waals surface area (Å²) in [6.07, 6.45) is 6.74. The molecule has 24 heavy (non-hydrogen) atoms. The second-order valence-corrected chi connectivity index (χ2v) is 8.43. The van der Waals surface area contributed by atoms with Crippen molar-refractivity contribution in [1.82, 2.24) is 5.32 Å². The van der Waals surface area contributed by atoms with Gasteiger partial charge in [-0.2, -0.15) is 0 Å². The summed E-state index contributed by atoms with van der Waals surface area (Å²) in [7, 11) is 0. The quantitative estimate of drug-likeness (QED) is 0.634. The Morgan fingerprint density at radius 2 is 1.25 bits per heavy atom. The molecule has 0 aromatic heterocycles. The third-order valence-electron chi connectivity index (χ3n) is 6.70. The maximum absolute atomic E-state index is 13.5. The van der Waals surface area contributed by atoms with Crippen LogP contribution in [0.25, 0.3) is 0 Å². The van der Waals surface area contributed by atoms with Crippen molar-refractivity contribution in [3.63, 3.8) is 0 Å². The second-order valence-electron chi connectivity index (χ2n) is 8.43. The van der Waals surface area contributed by atoms with E-state index in [-0.39, 0.29) is 25.7 Å². The first-order valence-corrected chi connectivity index (χ1v) is 9.84. The first kappa shape index (κ1) is 18.5. The SMILES string of the molecule is FC1(F)CCC(C(CC2CCCCN2)C2CCC(F)(F)CC2)CC1.